The average molecular weight is 345 g/mol. The summed E-state index contributed by atoms with van der Waals surface area (Å²) < 4.78 is 6.36. The van der Waals surface area contributed by atoms with Crippen LogP contribution in [0.25, 0.3) is 27.9 Å². The molecule has 4 rings (SSSR count). The minimum absolute atomic E-state index is 0.406. The number of hydrogen-bond donors (Lipinski definition) is 1. The predicted octanol–water partition coefficient (Wildman–Crippen LogP) is 6.04. The summed E-state index contributed by atoms with van der Waals surface area (Å²) in [5, 5.41) is 2.18. The Bertz CT molecular complexity index is 1070. The van der Waals surface area contributed by atoms with Crippen molar-refractivity contribution < 1.29 is 9.53 Å². The fraction of sp³-hybridized carbons (Fsp3) is 0.261. The second-order valence-electron chi connectivity index (χ2n) is 7.49. The lowest BCUT2D eigenvalue weighted by Crippen LogP contribution is -2.32. The van der Waals surface area contributed by atoms with Gasteiger partial charge in [0.15, 0.2) is 6.29 Å². The van der Waals surface area contributed by atoms with Gasteiger partial charge < -0.3 is 9.72 Å². The quantitative estimate of drug-likeness (QED) is 0.462. The summed E-state index contributed by atoms with van der Waals surface area (Å²) in [5.41, 5.74) is 4.56. The van der Waals surface area contributed by atoms with Crippen LogP contribution in [-0.2, 0) is 0 Å². The number of carbonyl (C=O) groups is 1. The topological polar surface area (TPSA) is 42.1 Å². The number of fused-ring (bicyclic) bond motifs is 5. The van der Waals surface area contributed by atoms with E-state index in [1.54, 1.807) is 0 Å². The van der Waals surface area contributed by atoms with Crippen LogP contribution in [0.4, 0.5) is 0 Å². The highest BCUT2D eigenvalue weighted by atomic mass is 16.5. The zero-order chi connectivity index (χ0) is 18.3. The highest BCUT2D eigenvalue weighted by Gasteiger charge is 2.30. The first-order chi connectivity index (χ1) is 12.5. The van der Waals surface area contributed by atoms with E-state index in [2.05, 4.69) is 56.1 Å². The van der Waals surface area contributed by atoms with Crippen LogP contribution in [0.3, 0.4) is 0 Å². The van der Waals surface area contributed by atoms with Crippen molar-refractivity contribution in [2.45, 2.75) is 39.2 Å². The molecule has 1 N–H and O–H groups in total. The Balaban J connectivity index is 1.84. The Morgan fingerprint density at radius 1 is 1.23 bits per heavy atom. The molecule has 1 atom stereocenters. The van der Waals surface area contributed by atoms with Gasteiger partial charge in [-0.25, -0.2) is 0 Å². The largest absolute Gasteiger partial charge is 0.482 e. The second-order valence-corrected chi connectivity index (χ2v) is 7.49. The van der Waals surface area contributed by atoms with Gasteiger partial charge >= 0.3 is 0 Å². The molecule has 3 heteroatoms. The van der Waals surface area contributed by atoms with E-state index in [1.165, 1.54) is 5.57 Å². The van der Waals surface area contributed by atoms with Crippen molar-refractivity contribution in [3.8, 4) is 5.75 Å². The van der Waals surface area contributed by atoms with E-state index in [-0.39, 0.29) is 0 Å². The summed E-state index contributed by atoms with van der Waals surface area (Å²) in [6.07, 6.45) is 9.16. The highest BCUT2D eigenvalue weighted by molar-refractivity contribution is 6.12. The van der Waals surface area contributed by atoms with E-state index in [9.17, 15) is 4.79 Å². The number of aromatic nitrogens is 1. The maximum absolute atomic E-state index is 11.8. The monoisotopic (exact) mass is 345 g/mol. The van der Waals surface area contributed by atoms with Crippen LogP contribution in [0.2, 0.25) is 0 Å². The van der Waals surface area contributed by atoms with Gasteiger partial charge in [-0.15, -0.1) is 0 Å². The molecule has 0 aliphatic carbocycles. The van der Waals surface area contributed by atoms with E-state index in [0.29, 0.717) is 11.3 Å². The van der Waals surface area contributed by atoms with Gasteiger partial charge in [0.05, 0.1) is 11.1 Å². The molecule has 2 aromatic carbocycles. The van der Waals surface area contributed by atoms with Gasteiger partial charge in [-0.1, -0.05) is 29.8 Å². The molecule has 0 saturated heterocycles. The number of para-hydroxylation sites is 1. The minimum Gasteiger partial charge on any atom is -0.482 e. The third kappa shape index (κ3) is 2.74. The molecule has 0 radical (unpaired) electrons. The van der Waals surface area contributed by atoms with E-state index in [0.717, 1.165) is 46.5 Å². The van der Waals surface area contributed by atoms with Crippen molar-refractivity contribution in [3.05, 3.63) is 59.2 Å². The lowest BCUT2D eigenvalue weighted by atomic mass is 9.92. The second kappa shape index (κ2) is 6.17. The Hall–Kier alpha value is -2.81. The summed E-state index contributed by atoms with van der Waals surface area (Å²) in [5.74, 6) is 0.682. The summed E-state index contributed by atoms with van der Waals surface area (Å²) in [6, 6.07) is 10.1. The Labute approximate surface area is 153 Å². The number of H-pyrrole nitrogens is 1. The van der Waals surface area contributed by atoms with Crippen LogP contribution in [0.15, 0.2) is 48.1 Å². The summed E-state index contributed by atoms with van der Waals surface area (Å²) >= 11 is 0. The smallest absolute Gasteiger partial charge is 0.153 e. The van der Waals surface area contributed by atoms with Crippen molar-refractivity contribution >= 4 is 34.2 Å². The molecule has 0 fully saturated rings. The van der Waals surface area contributed by atoms with Crippen molar-refractivity contribution in [3.63, 3.8) is 0 Å². The molecule has 3 nitrogen and oxygen atoms in total. The van der Waals surface area contributed by atoms with Crippen LogP contribution in [-0.4, -0.2) is 16.9 Å². The molecule has 1 unspecified atom stereocenters. The highest BCUT2D eigenvalue weighted by Crippen LogP contribution is 2.41. The molecule has 0 bridgehead atoms. The Morgan fingerprint density at radius 3 is 2.81 bits per heavy atom. The maximum atomic E-state index is 11.8. The first-order valence-electron chi connectivity index (χ1n) is 9.05. The number of hydrogen-bond acceptors (Lipinski definition) is 2. The lowest BCUT2D eigenvalue weighted by Gasteiger charge is -2.32. The van der Waals surface area contributed by atoms with Crippen LogP contribution >= 0.6 is 0 Å². The fourth-order valence-corrected chi connectivity index (χ4v) is 3.69. The first-order valence-corrected chi connectivity index (χ1v) is 9.05. The molecule has 26 heavy (non-hydrogen) atoms. The van der Waals surface area contributed by atoms with Crippen LogP contribution in [0.1, 0.15) is 49.5 Å². The van der Waals surface area contributed by atoms with Crippen molar-refractivity contribution in [2.75, 3.05) is 0 Å². The van der Waals surface area contributed by atoms with Gasteiger partial charge in [0.2, 0.25) is 0 Å². The van der Waals surface area contributed by atoms with Crippen molar-refractivity contribution in [1.82, 2.24) is 4.98 Å². The summed E-state index contributed by atoms with van der Waals surface area (Å²) in [7, 11) is 0. The zero-order valence-corrected chi connectivity index (χ0v) is 15.4. The summed E-state index contributed by atoms with van der Waals surface area (Å²) in [4.78, 5) is 15.3. The van der Waals surface area contributed by atoms with Gasteiger partial charge in [-0.3, -0.25) is 4.79 Å². The minimum atomic E-state index is -0.406. The van der Waals surface area contributed by atoms with Gasteiger partial charge in [0.1, 0.15) is 11.4 Å². The molecule has 2 heterocycles. The predicted molar refractivity (Wildman–Crippen MR) is 108 cm³/mol. The van der Waals surface area contributed by atoms with Gasteiger partial charge in [0, 0.05) is 21.9 Å². The molecule has 0 amide bonds. The number of rotatable bonds is 4. The van der Waals surface area contributed by atoms with E-state index < -0.39 is 5.60 Å². The van der Waals surface area contributed by atoms with Crippen molar-refractivity contribution in [1.29, 1.82) is 0 Å². The average Bonchev–Trinajstić information content (AvgIpc) is 2.99. The molecule has 132 valence electrons. The standard InChI is InChI=1S/C23H23NO2/c1-15(2)7-6-11-23(3)12-10-18-21-19(13-16(14-25)22(18)26-23)17-8-4-5-9-20(17)24-21/h4-5,7-10,12-14,24H,6,11H2,1-3H3. The van der Waals surface area contributed by atoms with E-state index >= 15 is 0 Å². The number of ether oxygens (including phenoxy) is 1. The van der Waals surface area contributed by atoms with Crippen LogP contribution in [0.5, 0.6) is 5.75 Å². The number of aromatic amines is 1. The van der Waals surface area contributed by atoms with E-state index in [1.807, 2.05) is 18.2 Å². The zero-order valence-electron chi connectivity index (χ0n) is 15.4. The number of benzene rings is 2. The Kier molecular flexibility index (Phi) is 3.95. The van der Waals surface area contributed by atoms with Gasteiger partial charge in [0.25, 0.3) is 0 Å². The molecule has 0 spiro atoms. The summed E-state index contributed by atoms with van der Waals surface area (Å²) in [6.45, 7) is 6.29. The fourth-order valence-electron chi connectivity index (χ4n) is 3.69. The number of carbonyl (C=O) groups excluding carboxylic acids is 1. The third-order valence-corrected chi connectivity index (χ3v) is 5.08. The van der Waals surface area contributed by atoms with Crippen molar-refractivity contribution in [2.24, 2.45) is 0 Å². The number of allylic oxidation sites excluding steroid dienone is 2. The van der Waals surface area contributed by atoms with Crippen LogP contribution in [0, 0.1) is 0 Å². The maximum Gasteiger partial charge on any atom is 0.153 e. The van der Waals surface area contributed by atoms with E-state index in [4.69, 9.17) is 4.74 Å². The molecule has 0 saturated carbocycles. The molecular formula is C23H23NO2. The van der Waals surface area contributed by atoms with Crippen LogP contribution < -0.4 is 4.74 Å². The number of nitrogens with one attached hydrogen (secondary N) is 1. The Morgan fingerprint density at radius 2 is 2.04 bits per heavy atom. The third-order valence-electron chi connectivity index (χ3n) is 5.08. The number of aldehydes is 1. The molecule has 1 aromatic heterocycles. The normalized spacial score (nSPS) is 18.6. The SMILES string of the molecule is CC(C)=CCCC1(C)C=Cc2c(c(C=O)cc3c2[nH]c2ccccc23)O1. The first kappa shape index (κ1) is 16.6. The molecule has 1 aliphatic heterocycles. The molecule has 1 aliphatic rings. The van der Waals surface area contributed by atoms with Gasteiger partial charge in [-0.05, 0) is 57.9 Å². The molecular weight excluding hydrogens is 322 g/mol. The van der Waals surface area contributed by atoms with Gasteiger partial charge in [-0.2, -0.15) is 0 Å². The molecule has 3 aromatic rings. The lowest BCUT2D eigenvalue weighted by molar-refractivity contribution is 0.109.